The summed E-state index contributed by atoms with van der Waals surface area (Å²) in [5.74, 6) is 1.64. The monoisotopic (exact) mass is 498 g/mol. The van der Waals surface area contributed by atoms with Crippen molar-refractivity contribution in [3.8, 4) is 16.9 Å². The van der Waals surface area contributed by atoms with Crippen molar-refractivity contribution in [1.29, 1.82) is 0 Å². The van der Waals surface area contributed by atoms with Crippen LogP contribution in [0.15, 0.2) is 78.9 Å². The molecule has 0 aliphatic heterocycles. The summed E-state index contributed by atoms with van der Waals surface area (Å²) in [6.45, 7) is 8.22. The van der Waals surface area contributed by atoms with Crippen LogP contribution in [0, 0.1) is 6.92 Å². The van der Waals surface area contributed by atoms with E-state index in [1.54, 1.807) is 6.92 Å². The number of aryl methyl sites for hydroxylation is 1. The van der Waals surface area contributed by atoms with Gasteiger partial charge >= 0.3 is 5.97 Å². The molecular weight excluding hydrogens is 460 g/mol. The number of rotatable bonds is 10. The average Bonchev–Trinajstić information content (AvgIpc) is 2.92. The molecule has 1 N–H and O–H groups in total. The highest BCUT2D eigenvalue weighted by atomic mass is 16.5. The Morgan fingerprint density at radius 1 is 0.919 bits per heavy atom. The van der Waals surface area contributed by atoms with E-state index in [2.05, 4.69) is 68.1 Å². The van der Waals surface area contributed by atoms with Gasteiger partial charge in [-0.05, 0) is 96.9 Å². The Kier molecular flexibility index (Phi) is 9.19. The van der Waals surface area contributed by atoms with Crippen LogP contribution in [0.3, 0.4) is 0 Å². The SMILES string of the molecule is C=C(C)C(=O)OCCc1cccc(C2CCC(c3ccc(-c4ccc(OCCO)cc4)c(C)c3)CC2)c1. The van der Waals surface area contributed by atoms with Crippen molar-refractivity contribution in [3.63, 3.8) is 0 Å². The molecule has 0 heterocycles. The predicted molar refractivity (Wildman–Crippen MR) is 149 cm³/mol. The quantitative estimate of drug-likeness (QED) is 0.238. The molecular formula is C33H38O4. The van der Waals surface area contributed by atoms with E-state index in [1.165, 1.54) is 59.1 Å². The molecule has 0 radical (unpaired) electrons. The molecule has 0 saturated heterocycles. The maximum Gasteiger partial charge on any atom is 0.333 e. The second kappa shape index (κ2) is 12.7. The number of hydrogen-bond donors (Lipinski definition) is 1. The first kappa shape index (κ1) is 26.7. The topological polar surface area (TPSA) is 55.8 Å². The van der Waals surface area contributed by atoms with Gasteiger partial charge in [-0.2, -0.15) is 0 Å². The maximum atomic E-state index is 11.6. The number of aliphatic hydroxyl groups excluding tert-OH is 1. The Hall–Kier alpha value is -3.37. The van der Waals surface area contributed by atoms with Gasteiger partial charge in [0.05, 0.1) is 13.2 Å². The lowest BCUT2D eigenvalue weighted by Gasteiger charge is -2.30. The number of benzene rings is 3. The molecule has 0 amide bonds. The van der Waals surface area contributed by atoms with E-state index < -0.39 is 0 Å². The molecule has 0 unspecified atom stereocenters. The first-order chi connectivity index (χ1) is 17.9. The van der Waals surface area contributed by atoms with Crippen molar-refractivity contribution < 1.29 is 19.4 Å². The Balaban J connectivity index is 1.33. The van der Waals surface area contributed by atoms with Crippen LogP contribution >= 0.6 is 0 Å². The molecule has 0 spiro atoms. The van der Waals surface area contributed by atoms with Crippen molar-refractivity contribution >= 4 is 5.97 Å². The summed E-state index contributed by atoms with van der Waals surface area (Å²) in [5, 5.41) is 8.93. The second-order valence-electron chi connectivity index (χ2n) is 10.1. The van der Waals surface area contributed by atoms with Crippen LogP contribution in [0.2, 0.25) is 0 Å². The van der Waals surface area contributed by atoms with Gasteiger partial charge in [-0.25, -0.2) is 4.79 Å². The van der Waals surface area contributed by atoms with E-state index in [-0.39, 0.29) is 12.6 Å². The van der Waals surface area contributed by atoms with Crippen LogP contribution in [-0.2, 0) is 16.0 Å². The van der Waals surface area contributed by atoms with Crippen LogP contribution in [0.4, 0.5) is 0 Å². The summed E-state index contributed by atoms with van der Waals surface area (Å²) < 4.78 is 10.8. The highest BCUT2D eigenvalue weighted by Crippen LogP contribution is 2.41. The van der Waals surface area contributed by atoms with Crippen LogP contribution in [-0.4, -0.2) is 30.9 Å². The van der Waals surface area contributed by atoms with Crippen LogP contribution in [0.25, 0.3) is 11.1 Å². The summed E-state index contributed by atoms with van der Waals surface area (Å²) >= 11 is 0. The molecule has 1 fully saturated rings. The minimum Gasteiger partial charge on any atom is -0.491 e. The minimum absolute atomic E-state index is 0.0193. The average molecular weight is 499 g/mol. The number of hydrogen-bond acceptors (Lipinski definition) is 4. The number of carbonyl (C=O) groups is 1. The number of esters is 1. The fourth-order valence-electron chi connectivity index (χ4n) is 5.31. The fourth-order valence-corrected chi connectivity index (χ4v) is 5.31. The Labute approximate surface area is 221 Å². The molecule has 4 nitrogen and oxygen atoms in total. The van der Waals surface area contributed by atoms with Crippen molar-refractivity contribution in [3.05, 3.63) is 101 Å². The molecule has 0 aromatic heterocycles. The van der Waals surface area contributed by atoms with Gasteiger partial charge in [-0.1, -0.05) is 61.2 Å². The van der Waals surface area contributed by atoms with Crippen molar-refractivity contribution in [2.24, 2.45) is 0 Å². The number of ether oxygens (including phenoxy) is 2. The van der Waals surface area contributed by atoms with Gasteiger partial charge in [0.25, 0.3) is 0 Å². The second-order valence-corrected chi connectivity index (χ2v) is 10.1. The van der Waals surface area contributed by atoms with E-state index in [4.69, 9.17) is 14.6 Å². The third-order valence-corrected chi connectivity index (χ3v) is 7.37. The highest BCUT2D eigenvalue weighted by molar-refractivity contribution is 5.86. The normalized spacial score (nSPS) is 17.3. The first-order valence-corrected chi connectivity index (χ1v) is 13.3. The molecule has 3 aromatic rings. The predicted octanol–water partition coefficient (Wildman–Crippen LogP) is 7.14. The van der Waals surface area contributed by atoms with Gasteiger partial charge in [-0.3, -0.25) is 0 Å². The fraction of sp³-hybridized carbons (Fsp3) is 0.364. The lowest BCUT2D eigenvalue weighted by atomic mass is 9.75. The molecule has 3 aromatic carbocycles. The summed E-state index contributed by atoms with van der Waals surface area (Å²) in [6, 6.07) is 23.8. The molecule has 0 atom stereocenters. The van der Waals surface area contributed by atoms with Gasteiger partial charge in [0.15, 0.2) is 0 Å². The zero-order valence-corrected chi connectivity index (χ0v) is 22.0. The first-order valence-electron chi connectivity index (χ1n) is 13.3. The van der Waals surface area contributed by atoms with E-state index in [0.29, 0.717) is 30.6 Å². The summed E-state index contributed by atoms with van der Waals surface area (Å²) in [7, 11) is 0. The highest BCUT2D eigenvalue weighted by Gasteiger charge is 2.24. The Morgan fingerprint density at radius 3 is 2.22 bits per heavy atom. The lowest BCUT2D eigenvalue weighted by molar-refractivity contribution is -0.138. The molecule has 1 aliphatic rings. The third kappa shape index (κ3) is 7.11. The van der Waals surface area contributed by atoms with Gasteiger partial charge in [0, 0.05) is 12.0 Å². The third-order valence-electron chi connectivity index (χ3n) is 7.37. The molecule has 37 heavy (non-hydrogen) atoms. The van der Waals surface area contributed by atoms with Gasteiger partial charge in [-0.15, -0.1) is 0 Å². The van der Waals surface area contributed by atoms with Crippen LogP contribution < -0.4 is 4.74 Å². The Morgan fingerprint density at radius 2 is 1.59 bits per heavy atom. The van der Waals surface area contributed by atoms with E-state index >= 15 is 0 Å². The summed E-state index contributed by atoms with van der Waals surface area (Å²) in [6.07, 6.45) is 5.50. The molecule has 1 saturated carbocycles. The van der Waals surface area contributed by atoms with Crippen molar-refractivity contribution in [2.75, 3.05) is 19.8 Å². The molecule has 194 valence electrons. The molecule has 1 aliphatic carbocycles. The lowest BCUT2D eigenvalue weighted by Crippen LogP contribution is -2.13. The summed E-state index contributed by atoms with van der Waals surface area (Å²) in [4.78, 5) is 11.6. The number of aliphatic hydroxyl groups is 1. The van der Waals surface area contributed by atoms with Gasteiger partial charge < -0.3 is 14.6 Å². The van der Waals surface area contributed by atoms with E-state index in [9.17, 15) is 4.79 Å². The Bertz CT molecular complexity index is 1200. The van der Waals surface area contributed by atoms with Gasteiger partial charge in [0.1, 0.15) is 12.4 Å². The van der Waals surface area contributed by atoms with Gasteiger partial charge in [0.2, 0.25) is 0 Å². The standard InChI is InChI=1S/C33H38O4/c1-23(2)33(35)37-19-17-25-5-4-6-29(22-25)26-7-9-27(10-8-26)30-13-16-32(24(3)21-30)28-11-14-31(15-12-28)36-20-18-34/h4-6,11-16,21-22,26-27,34H,1,7-10,17-20H2,2-3H3. The largest absolute Gasteiger partial charge is 0.491 e. The van der Waals surface area contributed by atoms with Crippen LogP contribution in [0.1, 0.15) is 66.7 Å². The zero-order chi connectivity index (χ0) is 26.2. The van der Waals surface area contributed by atoms with E-state index in [0.717, 1.165) is 12.2 Å². The number of carbonyl (C=O) groups excluding carboxylic acids is 1. The molecule has 4 heteroatoms. The van der Waals surface area contributed by atoms with Crippen LogP contribution in [0.5, 0.6) is 5.75 Å². The molecule has 0 bridgehead atoms. The molecule has 4 rings (SSSR count). The maximum absolute atomic E-state index is 11.6. The van der Waals surface area contributed by atoms with Crippen molar-refractivity contribution in [1.82, 2.24) is 0 Å². The van der Waals surface area contributed by atoms with E-state index in [1.807, 2.05) is 12.1 Å². The minimum atomic E-state index is -0.320. The smallest absolute Gasteiger partial charge is 0.333 e. The van der Waals surface area contributed by atoms with Crippen molar-refractivity contribution in [2.45, 2.75) is 57.8 Å². The zero-order valence-electron chi connectivity index (χ0n) is 22.0. The summed E-state index contributed by atoms with van der Waals surface area (Å²) in [5.41, 5.74) is 8.22.